The Morgan fingerprint density at radius 2 is 1.89 bits per heavy atom. The molecule has 54 valence electrons. The second kappa shape index (κ2) is 2.45. The molecule has 0 aliphatic heterocycles. The SMILES string of the molecule is CC(N)C(=O)C(C)(C)N. The quantitative estimate of drug-likeness (QED) is 0.536. The number of hydrogen-bond acceptors (Lipinski definition) is 3. The number of Topliss-reactive ketones (excluding diaryl/α,β-unsaturated/α-hetero) is 1. The van der Waals surface area contributed by atoms with Crippen molar-refractivity contribution in [1.29, 1.82) is 0 Å². The van der Waals surface area contributed by atoms with Gasteiger partial charge < -0.3 is 11.5 Å². The average molecular weight is 130 g/mol. The zero-order valence-electron chi connectivity index (χ0n) is 6.14. The van der Waals surface area contributed by atoms with Crippen molar-refractivity contribution in [2.45, 2.75) is 32.4 Å². The first-order valence-corrected chi connectivity index (χ1v) is 2.94. The molecule has 0 saturated heterocycles. The summed E-state index contributed by atoms with van der Waals surface area (Å²) in [4.78, 5) is 10.9. The normalized spacial score (nSPS) is 15.2. The lowest BCUT2D eigenvalue weighted by Crippen LogP contribution is -2.49. The molecule has 0 heterocycles. The summed E-state index contributed by atoms with van der Waals surface area (Å²) in [5.41, 5.74) is 9.96. The Balaban J connectivity index is 4.06. The summed E-state index contributed by atoms with van der Waals surface area (Å²) in [5.74, 6) is -0.109. The molecule has 0 aromatic carbocycles. The Labute approximate surface area is 55.4 Å². The summed E-state index contributed by atoms with van der Waals surface area (Å²) in [5, 5.41) is 0. The number of rotatable bonds is 2. The molecule has 9 heavy (non-hydrogen) atoms. The standard InChI is InChI=1S/C6H14N2O/c1-4(7)5(9)6(2,3)8/h4H,7-8H2,1-3H3. The highest BCUT2D eigenvalue weighted by atomic mass is 16.1. The minimum absolute atomic E-state index is 0.109. The zero-order chi connectivity index (χ0) is 7.65. The third-order valence-electron chi connectivity index (χ3n) is 1.05. The Hall–Kier alpha value is -0.410. The van der Waals surface area contributed by atoms with Crippen LogP contribution in [0.5, 0.6) is 0 Å². The average Bonchev–Trinajstić information content (AvgIpc) is 1.62. The van der Waals surface area contributed by atoms with E-state index in [1.54, 1.807) is 20.8 Å². The molecule has 0 fully saturated rings. The first kappa shape index (κ1) is 8.59. The second-order valence-electron chi connectivity index (χ2n) is 2.87. The summed E-state index contributed by atoms with van der Waals surface area (Å²) >= 11 is 0. The fourth-order valence-corrected chi connectivity index (χ4v) is 0.587. The number of ketones is 1. The predicted octanol–water partition coefficient (Wildman–Crippen LogP) is -0.360. The molecule has 0 aliphatic carbocycles. The molecular formula is C6H14N2O. The minimum atomic E-state index is -0.784. The van der Waals surface area contributed by atoms with Gasteiger partial charge in [0.15, 0.2) is 5.78 Å². The molecule has 0 amide bonds. The maximum atomic E-state index is 10.9. The van der Waals surface area contributed by atoms with Crippen molar-refractivity contribution in [1.82, 2.24) is 0 Å². The van der Waals surface area contributed by atoms with Gasteiger partial charge in [-0.2, -0.15) is 0 Å². The van der Waals surface area contributed by atoms with Gasteiger partial charge in [0.05, 0.1) is 11.6 Å². The third kappa shape index (κ3) is 2.58. The third-order valence-corrected chi connectivity index (χ3v) is 1.05. The summed E-state index contributed by atoms with van der Waals surface area (Å²) in [6.45, 7) is 4.94. The van der Waals surface area contributed by atoms with Gasteiger partial charge in [0.2, 0.25) is 0 Å². The van der Waals surface area contributed by atoms with Crippen molar-refractivity contribution in [3.63, 3.8) is 0 Å². The van der Waals surface area contributed by atoms with Crippen LogP contribution in [-0.2, 0) is 4.79 Å². The highest BCUT2D eigenvalue weighted by molar-refractivity contribution is 5.91. The van der Waals surface area contributed by atoms with Gasteiger partial charge in [-0.25, -0.2) is 0 Å². The lowest BCUT2D eigenvalue weighted by atomic mass is 9.96. The topological polar surface area (TPSA) is 69.1 Å². The Morgan fingerprint density at radius 3 is 1.89 bits per heavy atom. The minimum Gasteiger partial charge on any atom is -0.322 e. The lowest BCUT2D eigenvalue weighted by molar-refractivity contribution is -0.123. The van der Waals surface area contributed by atoms with E-state index in [1.165, 1.54) is 0 Å². The van der Waals surface area contributed by atoms with Crippen LogP contribution in [-0.4, -0.2) is 17.4 Å². The maximum absolute atomic E-state index is 10.9. The summed E-state index contributed by atoms with van der Waals surface area (Å²) in [6, 6.07) is -0.454. The van der Waals surface area contributed by atoms with E-state index in [0.29, 0.717) is 0 Å². The van der Waals surface area contributed by atoms with Crippen LogP contribution < -0.4 is 11.5 Å². The molecule has 0 rings (SSSR count). The fraction of sp³-hybridized carbons (Fsp3) is 0.833. The van der Waals surface area contributed by atoms with Gasteiger partial charge in [0.1, 0.15) is 0 Å². The van der Waals surface area contributed by atoms with Crippen LogP contribution in [0.3, 0.4) is 0 Å². The first-order valence-electron chi connectivity index (χ1n) is 2.94. The van der Waals surface area contributed by atoms with Crippen molar-refractivity contribution in [3.05, 3.63) is 0 Å². The van der Waals surface area contributed by atoms with Crippen molar-refractivity contribution in [2.75, 3.05) is 0 Å². The highest BCUT2D eigenvalue weighted by Gasteiger charge is 2.24. The van der Waals surface area contributed by atoms with E-state index in [9.17, 15) is 4.79 Å². The summed E-state index contributed by atoms with van der Waals surface area (Å²) in [7, 11) is 0. The Morgan fingerprint density at radius 1 is 1.56 bits per heavy atom. The van der Waals surface area contributed by atoms with Crippen LogP contribution in [0.25, 0.3) is 0 Å². The molecule has 0 radical (unpaired) electrons. The van der Waals surface area contributed by atoms with Crippen LogP contribution in [0.4, 0.5) is 0 Å². The molecule has 1 unspecified atom stereocenters. The van der Waals surface area contributed by atoms with Crippen LogP contribution in [0.15, 0.2) is 0 Å². The van der Waals surface area contributed by atoms with Crippen LogP contribution >= 0.6 is 0 Å². The molecule has 0 bridgehead atoms. The molecule has 0 aliphatic rings. The molecular weight excluding hydrogens is 116 g/mol. The van der Waals surface area contributed by atoms with Crippen molar-refractivity contribution < 1.29 is 4.79 Å². The van der Waals surface area contributed by atoms with Gasteiger partial charge in [0, 0.05) is 0 Å². The van der Waals surface area contributed by atoms with E-state index in [-0.39, 0.29) is 5.78 Å². The molecule has 1 atom stereocenters. The molecule has 4 N–H and O–H groups in total. The molecule has 3 nitrogen and oxygen atoms in total. The number of hydrogen-bond donors (Lipinski definition) is 2. The van der Waals surface area contributed by atoms with E-state index >= 15 is 0 Å². The van der Waals surface area contributed by atoms with E-state index in [0.717, 1.165) is 0 Å². The van der Waals surface area contributed by atoms with Gasteiger partial charge in [-0.15, -0.1) is 0 Å². The van der Waals surface area contributed by atoms with Gasteiger partial charge in [0.25, 0.3) is 0 Å². The maximum Gasteiger partial charge on any atom is 0.168 e. The summed E-state index contributed by atoms with van der Waals surface area (Å²) in [6.07, 6.45) is 0. The van der Waals surface area contributed by atoms with Crippen LogP contribution in [0, 0.1) is 0 Å². The van der Waals surface area contributed by atoms with Crippen molar-refractivity contribution >= 4 is 5.78 Å². The van der Waals surface area contributed by atoms with E-state index < -0.39 is 11.6 Å². The second-order valence-corrected chi connectivity index (χ2v) is 2.87. The van der Waals surface area contributed by atoms with E-state index in [4.69, 9.17) is 11.5 Å². The van der Waals surface area contributed by atoms with Gasteiger partial charge in [-0.1, -0.05) is 0 Å². The van der Waals surface area contributed by atoms with Crippen molar-refractivity contribution in [3.8, 4) is 0 Å². The van der Waals surface area contributed by atoms with E-state index in [2.05, 4.69) is 0 Å². The van der Waals surface area contributed by atoms with E-state index in [1.807, 2.05) is 0 Å². The van der Waals surface area contributed by atoms with Crippen LogP contribution in [0.2, 0.25) is 0 Å². The fourth-order valence-electron chi connectivity index (χ4n) is 0.587. The molecule has 0 aromatic rings. The van der Waals surface area contributed by atoms with Gasteiger partial charge in [-0.05, 0) is 20.8 Å². The highest BCUT2D eigenvalue weighted by Crippen LogP contribution is 2.00. The zero-order valence-corrected chi connectivity index (χ0v) is 6.14. The predicted molar refractivity (Wildman–Crippen MR) is 36.9 cm³/mol. The Bertz CT molecular complexity index is 113. The largest absolute Gasteiger partial charge is 0.322 e. The van der Waals surface area contributed by atoms with Crippen LogP contribution in [0.1, 0.15) is 20.8 Å². The number of nitrogens with two attached hydrogens (primary N) is 2. The monoisotopic (exact) mass is 130 g/mol. The number of carbonyl (C=O) groups is 1. The number of carbonyl (C=O) groups excluding carboxylic acids is 1. The molecule has 0 saturated carbocycles. The van der Waals surface area contributed by atoms with Gasteiger partial charge >= 0.3 is 0 Å². The molecule has 0 spiro atoms. The smallest absolute Gasteiger partial charge is 0.168 e. The van der Waals surface area contributed by atoms with Gasteiger partial charge in [-0.3, -0.25) is 4.79 Å². The first-order chi connectivity index (χ1) is 3.85. The van der Waals surface area contributed by atoms with Crippen molar-refractivity contribution in [2.24, 2.45) is 11.5 Å². The summed E-state index contributed by atoms with van der Waals surface area (Å²) < 4.78 is 0. The molecule has 0 aromatic heterocycles. The Kier molecular flexibility index (Phi) is 2.34. The molecule has 3 heteroatoms. The lowest BCUT2D eigenvalue weighted by Gasteiger charge is -2.18.